The van der Waals surface area contributed by atoms with Gasteiger partial charge in [-0.15, -0.1) is 0 Å². The van der Waals surface area contributed by atoms with Crippen molar-refractivity contribution < 1.29 is 24.2 Å². The quantitative estimate of drug-likeness (QED) is 0.640. The van der Waals surface area contributed by atoms with E-state index in [9.17, 15) is 14.4 Å². The average Bonchev–Trinajstić information content (AvgIpc) is 2.78. The standard InChI is InChI=1S/C23H26N2O5/c26-21(10-11-22(27)28)18-6-8-20(9-7-18)30-17-16-24-12-14-25(15-13-24)23(29)19-4-2-1-3-5-19/h1-9H,10-17H2,(H,27,28). The van der Waals surface area contributed by atoms with Crippen LogP contribution in [-0.2, 0) is 4.79 Å². The number of piperazine rings is 1. The first-order valence-corrected chi connectivity index (χ1v) is 10.1. The minimum absolute atomic E-state index is 0.00566. The van der Waals surface area contributed by atoms with Gasteiger partial charge in [0.2, 0.25) is 0 Å². The van der Waals surface area contributed by atoms with Crippen molar-refractivity contribution in [3.05, 3.63) is 65.7 Å². The summed E-state index contributed by atoms with van der Waals surface area (Å²) in [5, 5.41) is 8.66. The van der Waals surface area contributed by atoms with Gasteiger partial charge < -0.3 is 14.7 Å². The molecule has 1 fully saturated rings. The number of carboxylic acids is 1. The van der Waals surface area contributed by atoms with Gasteiger partial charge in [-0.3, -0.25) is 19.3 Å². The Hall–Kier alpha value is -3.19. The first-order chi connectivity index (χ1) is 14.5. The number of aliphatic carboxylic acids is 1. The van der Waals surface area contributed by atoms with Crippen LogP contribution >= 0.6 is 0 Å². The van der Waals surface area contributed by atoms with E-state index in [4.69, 9.17) is 9.84 Å². The third-order valence-electron chi connectivity index (χ3n) is 5.10. The smallest absolute Gasteiger partial charge is 0.303 e. The van der Waals surface area contributed by atoms with Crippen LogP contribution in [0, 0.1) is 0 Å². The predicted octanol–water partition coefficient (Wildman–Crippen LogP) is 2.57. The van der Waals surface area contributed by atoms with Gasteiger partial charge in [0.1, 0.15) is 12.4 Å². The summed E-state index contributed by atoms with van der Waals surface area (Å²) in [6.45, 7) is 4.27. The molecule has 1 N–H and O–H groups in total. The van der Waals surface area contributed by atoms with Crippen LogP contribution in [0.25, 0.3) is 0 Å². The van der Waals surface area contributed by atoms with Crippen molar-refractivity contribution >= 4 is 17.7 Å². The molecule has 0 unspecified atom stereocenters. The fourth-order valence-corrected chi connectivity index (χ4v) is 3.33. The molecule has 0 radical (unpaired) electrons. The number of amides is 1. The molecule has 1 aliphatic heterocycles. The first-order valence-electron chi connectivity index (χ1n) is 10.1. The van der Waals surface area contributed by atoms with Crippen LogP contribution in [0.1, 0.15) is 33.6 Å². The maximum absolute atomic E-state index is 12.5. The number of Topliss-reactive ketones (excluding diaryl/α,β-unsaturated/α-hetero) is 1. The molecule has 0 aromatic heterocycles. The van der Waals surface area contributed by atoms with Crippen LogP contribution in [0.3, 0.4) is 0 Å². The van der Waals surface area contributed by atoms with E-state index in [1.807, 2.05) is 35.2 Å². The van der Waals surface area contributed by atoms with Crippen molar-refractivity contribution in [3.8, 4) is 5.75 Å². The zero-order chi connectivity index (χ0) is 21.3. The van der Waals surface area contributed by atoms with E-state index in [-0.39, 0.29) is 24.5 Å². The molecular formula is C23H26N2O5. The Morgan fingerprint density at radius 2 is 1.50 bits per heavy atom. The Labute approximate surface area is 175 Å². The summed E-state index contributed by atoms with van der Waals surface area (Å²) in [5.74, 6) is -0.424. The fraction of sp³-hybridized carbons (Fsp3) is 0.348. The molecule has 3 rings (SSSR count). The fourth-order valence-electron chi connectivity index (χ4n) is 3.33. The van der Waals surface area contributed by atoms with Crippen molar-refractivity contribution in [3.63, 3.8) is 0 Å². The second kappa shape index (κ2) is 10.5. The van der Waals surface area contributed by atoms with Gasteiger partial charge in [0.05, 0.1) is 6.42 Å². The van der Waals surface area contributed by atoms with Gasteiger partial charge >= 0.3 is 5.97 Å². The van der Waals surface area contributed by atoms with E-state index < -0.39 is 5.97 Å². The molecule has 158 valence electrons. The number of carbonyl (C=O) groups excluding carboxylic acids is 2. The normalized spacial score (nSPS) is 14.3. The number of carbonyl (C=O) groups is 3. The molecule has 0 spiro atoms. The molecule has 1 amide bonds. The van der Waals surface area contributed by atoms with E-state index in [1.54, 1.807) is 24.3 Å². The van der Waals surface area contributed by atoms with Crippen molar-refractivity contribution in [2.24, 2.45) is 0 Å². The molecule has 1 aliphatic rings. The lowest BCUT2D eigenvalue weighted by atomic mass is 10.1. The Kier molecular flexibility index (Phi) is 7.57. The number of carboxylic acid groups (broad SMARTS) is 1. The maximum Gasteiger partial charge on any atom is 0.303 e. The van der Waals surface area contributed by atoms with E-state index >= 15 is 0 Å². The Morgan fingerprint density at radius 1 is 0.833 bits per heavy atom. The molecule has 1 heterocycles. The van der Waals surface area contributed by atoms with Gasteiger partial charge in [0, 0.05) is 50.3 Å². The van der Waals surface area contributed by atoms with Crippen molar-refractivity contribution in [2.45, 2.75) is 12.8 Å². The second-order valence-electron chi connectivity index (χ2n) is 7.19. The summed E-state index contributed by atoms with van der Waals surface area (Å²) < 4.78 is 5.76. The molecule has 30 heavy (non-hydrogen) atoms. The van der Waals surface area contributed by atoms with E-state index in [2.05, 4.69) is 4.90 Å². The Bertz CT molecular complexity index is 859. The zero-order valence-electron chi connectivity index (χ0n) is 16.8. The molecule has 1 saturated heterocycles. The third-order valence-corrected chi connectivity index (χ3v) is 5.10. The lowest BCUT2D eigenvalue weighted by molar-refractivity contribution is -0.136. The molecule has 0 atom stereocenters. The van der Waals surface area contributed by atoms with Crippen LogP contribution in [0.5, 0.6) is 5.75 Å². The minimum Gasteiger partial charge on any atom is -0.492 e. The minimum atomic E-state index is -0.978. The van der Waals surface area contributed by atoms with Crippen LogP contribution in [-0.4, -0.2) is 71.9 Å². The Morgan fingerprint density at radius 3 is 2.13 bits per heavy atom. The summed E-state index contributed by atoms with van der Waals surface area (Å²) >= 11 is 0. The lowest BCUT2D eigenvalue weighted by Gasteiger charge is -2.34. The van der Waals surface area contributed by atoms with Gasteiger partial charge in [0.15, 0.2) is 5.78 Å². The van der Waals surface area contributed by atoms with Crippen molar-refractivity contribution in [1.82, 2.24) is 9.80 Å². The number of nitrogens with zero attached hydrogens (tertiary/aromatic N) is 2. The van der Waals surface area contributed by atoms with E-state index in [1.165, 1.54) is 0 Å². The van der Waals surface area contributed by atoms with Crippen LogP contribution in [0.4, 0.5) is 0 Å². The van der Waals surface area contributed by atoms with Crippen LogP contribution < -0.4 is 4.74 Å². The highest BCUT2D eigenvalue weighted by molar-refractivity contribution is 5.97. The molecule has 0 bridgehead atoms. The zero-order valence-corrected chi connectivity index (χ0v) is 16.8. The monoisotopic (exact) mass is 410 g/mol. The lowest BCUT2D eigenvalue weighted by Crippen LogP contribution is -2.49. The number of benzene rings is 2. The number of ketones is 1. The molecule has 0 saturated carbocycles. The molecule has 0 aliphatic carbocycles. The van der Waals surface area contributed by atoms with Crippen LogP contribution in [0.2, 0.25) is 0 Å². The largest absolute Gasteiger partial charge is 0.492 e. The van der Waals surface area contributed by atoms with Gasteiger partial charge in [-0.25, -0.2) is 0 Å². The van der Waals surface area contributed by atoms with Gasteiger partial charge in [-0.05, 0) is 36.4 Å². The number of hydrogen-bond donors (Lipinski definition) is 1. The highest BCUT2D eigenvalue weighted by atomic mass is 16.5. The summed E-state index contributed by atoms with van der Waals surface area (Å²) in [6, 6.07) is 16.1. The summed E-state index contributed by atoms with van der Waals surface area (Å²) in [4.78, 5) is 39.1. The number of rotatable bonds is 9. The molecule has 2 aromatic carbocycles. The summed E-state index contributed by atoms with van der Waals surface area (Å²) in [5.41, 5.74) is 1.21. The van der Waals surface area contributed by atoms with Gasteiger partial charge in [-0.1, -0.05) is 18.2 Å². The molecule has 7 nitrogen and oxygen atoms in total. The number of ether oxygens (including phenoxy) is 1. The molecular weight excluding hydrogens is 384 g/mol. The van der Waals surface area contributed by atoms with Gasteiger partial charge in [-0.2, -0.15) is 0 Å². The predicted molar refractivity (Wildman–Crippen MR) is 112 cm³/mol. The van der Waals surface area contributed by atoms with Crippen molar-refractivity contribution in [2.75, 3.05) is 39.3 Å². The van der Waals surface area contributed by atoms with E-state index in [0.717, 1.165) is 25.2 Å². The Balaban J connectivity index is 1.37. The second-order valence-corrected chi connectivity index (χ2v) is 7.19. The third kappa shape index (κ3) is 6.15. The number of hydrogen-bond acceptors (Lipinski definition) is 5. The summed E-state index contributed by atoms with van der Waals surface area (Å²) in [7, 11) is 0. The molecule has 2 aromatic rings. The maximum atomic E-state index is 12.5. The van der Waals surface area contributed by atoms with Crippen molar-refractivity contribution in [1.29, 1.82) is 0 Å². The van der Waals surface area contributed by atoms with Crippen LogP contribution in [0.15, 0.2) is 54.6 Å². The average molecular weight is 410 g/mol. The summed E-state index contributed by atoms with van der Waals surface area (Å²) in [6.07, 6.45) is -0.171. The highest BCUT2D eigenvalue weighted by Crippen LogP contribution is 2.15. The topological polar surface area (TPSA) is 87.1 Å². The molecule has 7 heteroatoms. The SMILES string of the molecule is O=C(O)CCC(=O)c1ccc(OCCN2CCN(C(=O)c3ccccc3)CC2)cc1. The highest BCUT2D eigenvalue weighted by Gasteiger charge is 2.21. The first kappa shape index (κ1) is 21.5. The van der Waals surface area contributed by atoms with E-state index in [0.29, 0.717) is 31.0 Å². The van der Waals surface area contributed by atoms with Gasteiger partial charge in [0.25, 0.3) is 5.91 Å².